The average molecular weight is 294 g/mol. The van der Waals surface area contributed by atoms with E-state index in [9.17, 15) is 9.59 Å². The first-order valence-corrected chi connectivity index (χ1v) is 7.56. The summed E-state index contributed by atoms with van der Waals surface area (Å²) in [5.41, 5.74) is 0.794. The van der Waals surface area contributed by atoms with E-state index in [0.29, 0.717) is 18.8 Å². The molecular formula is C14H18N2O3S. The van der Waals surface area contributed by atoms with Crippen molar-refractivity contribution in [3.8, 4) is 0 Å². The van der Waals surface area contributed by atoms with Crippen LogP contribution in [0.4, 0.5) is 5.69 Å². The second-order valence-corrected chi connectivity index (χ2v) is 5.45. The summed E-state index contributed by atoms with van der Waals surface area (Å²) in [7, 11) is 0. The van der Waals surface area contributed by atoms with Crippen LogP contribution in [0.5, 0.6) is 0 Å². The largest absolute Gasteiger partial charge is 0.395 e. The zero-order valence-corrected chi connectivity index (χ0v) is 12.2. The van der Waals surface area contributed by atoms with Crippen molar-refractivity contribution in [2.45, 2.75) is 11.8 Å². The molecule has 0 aliphatic carbocycles. The van der Waals surface area contributed by atoms with Crippen LogP contribution in [0.3, 0.4) is 0 Å². The number of thioether (sulfide) groups is 1. The molecule has 0 fully saturated rings. The maximum absolute atomic E-state index is 12.2. The second kappa shape index (κ2) is 6.76. The molecule has 108 valence electrons. The lowest BCUT2D eigenvalue weighted by atomic mass is 10.2. The van der Waals surface area contributed by atoms with Crippen LogP contribution in [0.1, 0.15) is 6.92 Å². The lowest BCUT2D eigenvalue weighted by Crippen LogP contribution is -2.45. The summed E-state index contributed by atoms with van der Waals surface area (Å²) in [4.78, 5) is 28.4. The van der Waals surface area contributed by atoms with Gasteiger partial charge in [0.1, 0.15) is 6.54 Å². The first kappa shape index (κ1) is 14.9. The topological polar surface area (TPSA) is 60.9 Å². The molecule has 0 saturated heterocycles. The zero-order valence-electron chi connectivity index (χ0n) is 11.4. The van der Waals surface area contributed by atoms with Gasteiger partial charge in [0.05, 0.1) is 18.0 Å². The molecule has 0 bridgehead atoms. The molecule has 1 heterocycles. The van der Waals surface area contributed by atoms with Gasteiger partial charge in [-0.3, -0.25) is 9.59 Å². The number of nitrogens with zero attached hydrogens (tertiary/aromatic N) is 2. The van der Waals surface area contributed by atoms with E-state index < -0.39 is 0 Å². The Bertz CT molecular complexity index is 507. The molecule has 20 heavy (non-hydrogen) atoms. The Balaban J connectivity index is 2.16. The van der Waals surface area contributed by atoms with Gasteiger partial charge in [0.15, 0.2) is 0 Å². The van der Waals surface area contributed by atoms with Gasteiger partial charge in [-0.25, -0.2) is 0 Å². The van der Waals surface area contributed by atoms with Crippen molar-refractivity contribution in [1.29, 1.82) is 0 Å². The minimum Gasteiger partial charge on any atom is -0.395 e. The van der Waals surface area contributed by atoms with Gasteiger partial charge in [-0.1, -0.05) is 12.1 Å². The molecule has 0 atom stereocenters. The number of carbonyl (C=O) groups excluding carboxylic acids is 2. The minimum atomic E-state index is -0.142. The van der Waals surface area contributed by atoms with Crippen LogP contribution in [0.25, 0.3) is 0 Å². The second-order valence-electron chi connectivity index (χ2n) is 4.43. The quantitative estimate of drug-likeness (QED) is 0.879. The number of aliphatic hydroxyl groups excluding tert-OH is 1. The molecular weight excluding hydrogens is 276 g/mol. The first-order chi connectivity index (χ1) is 9.67. The van der Waals surface area contributed by atoms with Gasteiger partial charge >= 0.3 is 0 Å². The summed E-state index contributed by atoms with van der Waals surface area (Å²) in [5.74, 6) is 0.162. The molecule has 6 heteroatoms. The van der Waals surface area contributed by atoms with Crippen molar-refractivity contribution >= 4 is 29.3 Å². The van der Waals surface area contributed by atoms with Crippen LogP contribution in [0.15, 0.2) is 29.2 Å². The zero-order chi connectivity index (χ0) is 14.5. The Hall–Kier alpha value is -1.53. The van der Waals surface area contributed by atoms with Crippen molar-refractivity contribution in [2.24, 2.45) is 0 Å². The number of hydrogen-bond acceptors (Lipinski definition) is 4. The van der Waals surface area contributed by atoms with E-state index in [1.807, 2.05) is 31.2 Å². The Morgan fingerprint density at radius 1 is 1.45 bits per heavy atom. The summed E-state index contributed by atoms with van der Waals surface area (Å²) in [6.07, 6.45) is 0. The summed E-state index contributed by atoms with van der Waals surface area (Å²) in [6.45, 7) is 2.64. The van der Waals surface area contributed by atoms with Gasteiger partial charge in [0, 0.05) is 18.0 Å². The van der Waals surface area contributed by atoms with Crippen molar-refractivity contribution in [1.82, 2.24) is 4.90 Å². The van der Waals surface area contributed by atoms with E-state index in [-0.39, 0.29) is 25.0 Å². The molecule has 0 aromatic heterocycles. The molecule has 0 unspecified atom stereocenters. The van der Waals surface area contributed by atoms with Gasteiger partial charge in [-0.15, -0.1) is 11.8 Å². The maximum atomic E-state index is 12.2. The molecule has 2 amide bonds. The van der Waals surface area contributed by atoms with E-state index in [1.54, 1.807) is 4.90 Å². The van der Waals surface area contributed by atoms with E-state index >= 15 is 0 Å². The average Bonchev–Trinajstić information content (AvgIpc) is 2.47. The highest BCUT2D eigenvalue weighted by molar-refractivity contribution is 8.00. The highest BCUT2D eigenvalue weighted by Crippen LogP contribution is 2.34. The molecule has 1 aromatic rings. The smallest absolute Gasteiger partial charge is 0.242 e. The van der Waals surface area contributed by atoms with Gasteiger partial charge < -0.3 is 14.9 Å². The number of rotatable bonds is 5. The fraction of sp³-hybridized carbons (Fsp3) is 0.429. The molecule has 0 radical (unpaired) electrons. The number of hydrogen-bond donors (Lipinski definition) is 1. The number of benzene rings is 1. The van der Waals surface area contributed by atoms with Crippen molar-refractivity contribution in [3.05, 3.63) is 24.3 Å². The fourth-order valence-corrected chi connectivity index (χ4v) is 3.08. The van der Waals surface area contributed by atoms with Gasteiger partial charge in [0.2, 0.25) is 11.8 Å². The van der Waals surface area contributed by atoms with E-state index in [1.165, 1.54) is 16.7 Å². The van der Waals surface area contributed by atoms with E-state index in [4.69, 9.17) is 5.11 Å². The van der Waals surface area contributed by atoms with E-state index in [0.717, 1.165) is 10.6 Å². The lowest BCUT2D eigenvalue weighted by molar-refractivity contribution is -0.131. The Labute approximate surface area is 122 Å². The third kappa shape index (κ3) is 3.13. The summed E-state index contributed by atoms with van der Waals surface area (Å²) in [5, 5.41) is 8.95. The Morgan fingerprint density at radius 3 is 2.90 bits per heavy atom. The number of carbonyl (C=O) groups is 2. The normalized spacial score (nSPS) is 14.1. The summed E-state index contributed by atoms with van der Waals surface area (Å²) in [6, 6.07) is 7.59. The van der Waals surface area contributed by atoms with Crippen molar-refractivity contribution < 1.29 is 14.7 Å². The number of para-hydroxylation sites is 1. The molecule has 1 aromatic carbocycles. The van der Waals surface area contributed by atoms with Crippen molar-refractivity contribution in [2.75, 3.05) is 36.9 Å². The van der Waals surface area contributed by atoms with Crippen LogP contribution in [0, 0.1) is 0 Å². The lowest BCUT2D eigenvalue weighted by Gasteiger charge is -2.30. The fourth-order valence-electron chi connectivity index (χ4n) is 2.14. The molecule has 0 spiro atoms. The Morgan fingerprint density at radius 2 is 2.20 bits per heavy atom. The van der Waals surface area contributed by atoms with Crippen LogP contribution in [-0.2, 0) is 9.59 Å². The molecule has 5 nitrogen and oxygen atoms in total. The first-order valence-electron chi connectivity index (χ1n) is 6.58. The van der Waals surface area contributed by atoms with Gasteiger partial charge in [0.25, 0.3) is 0 Å². The third-order valence-electron chi connectivity index (χ3n) is 3.21. The Kier molecular flexibility index (Phi) is 5.03. The van der Waals surface area contributed by atoms with Gasteiger partial charge in [-0.05, 0) is 19.1 Å². The predicted octanol–water partition coefficient (Wildman–Crippen LogP) is 0.966. The van der Waals surface area contributed by atoms with Crippen molar-refractivity contribution in [3.63, 3.8) is 0 Å². The number of fused-ring (bicyclic) bond motifs is 1. The van der Waals surface area contributed by atoms with Crippen LogP contribution >= 0.6 is 11.8 Å². The number of anilines is 1. The van der Waals surface area contributed by atoms with Gasteiger partial charge in [-0.2, -0.15) is 0 Å². The minimum absolute atomic E-state index is 0.0320. The SMILES string of the molecule is CCN(CCO)C(=O)CN1C(=O)CSc2ccccc21. The molecule has 1 N–H and O–H groups in total. The summed E-state index contributed by atoms with van der Waals surface area (Å²) < 4.78 is 0. The molecule has 2 rings (SSSR count). The third-order valence-corrected chi connectivity index (χ3v) is 4.25. The summed E-state index contributed by atoms with van der Waals surface area (Å²) >= 11 is 1.50. The number of aliphatic hydroxyl groups is 1. The number of likely N-dealkylation sites (N-methyl/N-ethyl adjacent to an activating group) is 1. The number of amides is 2. The highest BCUT2D eigenvalue weighted by Gasteiger charge is 2.27. The molecule has 1 aliphatic rings. The van der Waals surface area contributed by atoms with Crippen LogP contribution in [-0.4, -0.2) is 53.8 Å². The highest BCUT2D eigenvalue weighted by atomic mass is 32.2. The molecule has 1 aliphatic heterocycles. The monoisotopic (exact) mass is 294 g/mol. The van der Waals surface area contributed by atoms with Crippen LogP contribution in [0.2, 0.25) is 0 Å². The molecule has 0 saturated carbocycles. The van der Waals surface area contributed by atoms with E-state index in [2.05, 4.69) is 0 Å². The standard InChI is InChI=1S/C14H18N2O3S/c1-2-15(7-8-17)13(18)9-16-11-5-3-4-6-12(11)20-10-14(16)19/h3-6,17H,2,7-10H2,1H3. The predicted molar refractivity (Wildman–Crippen MR) is 78.9 cm³/mol. The van der Waals surface area contributed by atoms with Crippen LogP contribution < -0.4 is 4.90 Å². The maximum Gasteiger partial charge on any atom is 0.242 e.